The van der Waals surface area contributed by atoms with E-state index in [4.69, 9.17) is 22.2 Å². The third-order valence-corrected chi connectivity index (χ3v) is 6.05. The average Bonchev–Trinajstić information content (AvgIpc) is 2.39. The molecule has 0 heterocycles. The van der Waals surface area contributed by atoms with Crippen molar-refractivity contribution in [2.75, 3.05) is 5.75 Å². The van der Waals surface area contributed by atoms with Crippen molar-refractivity contribution in [1.29, 1.82) is 0 Å². The minimum atomic E-state index is -1.32. The minimum Gasteiger partial charge on any atom is -0.179 e. The fourth-order valence-electron chi connectivity index (χ4n) is 2.35. The van der Waals surface area contributed by atoms with Gasteiger partial charge in [-0.25, -0.2) is 0 Å². The van der Waals surface area contributed by atoms with Crippen LogP contribution in [0.4, 0.5) is 0 Å². The van der Waals surface area contributed by atoms with Crippen LogP contribution < -0.4 is 0 Å². The van der Waals surface area contributed by atoms with Gasteiger partial charge in [0.2, 0.25) is 7.42 Å². The summed E-state index contributed by atoms with van der Waals surface area (Å²) in [5.41, 5.74) is 0. The van der Waals surface area contributed by atoms with Crippen LogP contribution in [0.3, 0.4) is 0 Å². The van der Waals surface area contributed by atoms with Crippen molar-refractivity contribution in [2.24, 2.45) is 0 Å². The Morgan fingerprint density at radius 2 is 0.842 bits per heavy atom. The maximum Gasteiger partial charge on any atom is 0.237 e. The zero-order chi connectivity index (χ0) is 14.2. The normalized spacial score (nSPS) is 11.4. The van der Waals surface area contributed by atoms with E-state index in [0.717, 1.165) is 11.8 Å². The smallest absolute Gasteiger partial charge is 0.179 e. The molecule has 0 saturated carbocycles. The molecule has 0 amide bonds. The van der Waals surface area contributed by atoms with Crippen molar-refractivity contribution in [3.05, 3.63) is 0 Å². The molecule has 0 aliphatic rings. The van der Waals surface area contributed by atoms with Crippen molar-refractivity contribution >= 4 is 42.2 Å². The summed E-state index contributed by atoms with van der Waals surface area (Å²) in [6.07, 6.45) is 18.0. The summed E-state index contributed by atoms with van der Waals surface area (Å²) >= 11 is 15.9. The van der Waals surface area contributed by atoms with E-state index in [2.05, 4.69) is 12.6 Å². The zero-order valence-corrected chi connectivity index (χ0v) is 15.9. The summed E-state index contributed by atoms with van der Waals surface area (Å²) in [6, 6.07) is 1.09. The van der Waals surface area contributed by atoms with Crippen LogP contribution in [0.1, 0.15) is 83.5 Å². The predicted octanol–water partition coefficient (Wildman–Crippen LogP) is 6.69. The molecular weight excluding hydrogens is 311 g/mol. The van der Waals surface area contributed by atoms with Crippen molar-refractivity contribution < 1.29 is 0 Å². The van der Waals surface area contributed by atoms with Gasteiger partial charge < -0.3 is 0 Å². The number of thiol groups is 1. The molecule has 0 aliphatic heterocycles. The standard InChI is InChI=1S/C15H32Cl2SSi/c16-19(17)15-13-11-9-7-5-3-1-2-4-6-8-10-12-14-18/h18-19H,1-15H2. The second kappa shape index (κ2) is 17.2. The molecule has 4 heteroatoms. The van der Waals surface area contributed by atoms with Gasteiger partial charge in [0.25, 0.3) is 0 Å². The van der Waals surface area contributed by atoms with Crippen molar-refractivity contribution in [1.82, 2.24) is 0 Å². The fraction of sp³-hybridized carbons (Fsp3) is 1.00. The van der Waals surface area contributed by atoms with E-state index in [0.29, 0.717) is 0 Å². The van der Waals surface area contributed by atoms with Crippen LogP contribution in [0, 0.1) is 0 Å². The molecule has 19 heavy (non-hydrogen) atoms. The Balaban J connectivity index is 2.91. The predicted molar refractivity (Wildman–Crippen MR) is 97.5 cm³/mol. The lowest BCUT2D eigenvalue weighted by atomic mass is 10.0. The number of rotatable bonds is 15. The molecular formula is C15H32Cl2SSi. The largest absolute Gasteiger partial charge is 0.237 e. The van der Waals surface area contributed by atoms with Crippen molar-refractivity contribution in [2.45, 2.75) is 89.5 Å². The molecule has 116 valence electrons. The lowest BCUT2D eigenvalue weighted by Gasteiger charge is -2.03. The molecule has 0 radical (unpaired) electrons. The molecule has 0 spiro atoms. The lowest BCUT2D eigenvalue weighted by molar-refractivity contribution is 0.543. The van der Waals surface area contributed by atoms with Crippen LogP contribution in [0.15, 0.2) is 0 Å². The van der Waals surface area contributed by atoms with Gasteiger partial charge in [0.15, 0.2) is 0 Å². The van der Waals surface area contributed by atoms with E-state index >= 15 is 0 Å². The Kier molecular flexibility index (Phi) is 18.2. The third kappa shape index (κ3) is 19.1. The van der Waals surface area contributed by atoms with Crippen molar-refractivity contribution in [3.8, 4) is 0 Å². The Hall–Kier alpha value is 1.15. The molecule has 0 atom stereocenters. The van der Waals surface area contributed by atoms with Crippen LogP contribution in [-0.2, 0) is 0 Å². The van der Waals surface area contributed by atoms with E-state index in [1.807, 2.05) is 0 Å². The maximum atomic E-state index is 5.83. The minimum absolute atomic E-state index is 1.05. The fourth-order valence-corrected chi connectivity index (χ4v) is 4.10. The van der Waals surface area contributed by atoms with E-state index in [-0.39, 0.29) is 0 Å². The average molecular weight is 343 g/mol. The van der Waals surface area contributed by atoms with Gasteiger partial charge in [0.05, 0.1) is 0 Å². The second-order valence-corrected chi connectivity index (χ2v) is 11.1. The molecule has 0 N–H and O–H groups in total. The molecule has 0 fully saturated rings. The molecule has 0 aromatic carbocycles. The molecule has 0 aromatic rings. The van der Waals surface area contributed by atoms with Crippen molar-refractivity contribution in [3.63, 3.8) is 0 Å². The topological polar surface area (TPSA) is 0 Å². The number of halogens is 2. The highest BCUT2D eigenvalue weighted by Gasteiger charge is 2.00. The monoisotopic (exact) mass is 342 g/mol. The molecule has 0 aliphatic carbocycles. The van der Waals surface area contributed by atoms with Gasteiger partial charge in [0.1, 0.15) is 0 Å². The second-order valence-electron chi connectivity index (χ2n) is 5.50. The maximum absolute atomic E-state index is 5.83. The summed E-state index contributed by atoms with van der Waals surface area (Å²) < 4.78 is 0. The summed E-state index contributed by atoms with van der Waals surface area (Å²) in [5, 5.41) is 0. The van der Waals surface area contributed by atoms with E-state index < -0.39 is 7.42 Å². The van der Waals surface area contributed by atoms with Gasteiger partial charge in [-0.05, 0) is 18.2 Å². The van der Waals surface area contributed by atoms with Gasteiger partial charge in [-0.3, -0.25) is 0 Å². The molecule has 0 aromatic heterocycles. The first-order chi connectivity index (χ1) is 9.27. The van der Waals surface area contributed by atoms with Crippen LogP contribution in [0.2, 0.25) is 6.04 Å². The number of hydrogen-bond donors (Lipinski definition) is 1. The highest BCUT2D eigenvalue weighted by Crippen LogP contribution is 2.14. The summed E-state index contributed by atoms with van der Waals surface area (Å²) in [4.78, 5) is 0. The highest BCUT2D eigenvalue weighted by atomic mass is 35.7. The van der Waals surface area contributed by atoms with Gasteiger partial charge in [-0.15, -0.1) is 0 Å². The van der Waals surface area contributed by atoms with Crippen LogP contribution in [0.5, 0.6) is 0 Å². The van der Waals surface area contributed by atoms with Gasteiger partial charge >= 0.3 is 0 Å². The SMILES string of the molecule is SCCCCCCCCCCCCCCC[SiH](Cl)Cl. The first kappa shape index (κ1) is 20.1. The first-order valence-corrected chi connectivity index (χ1v) is 13.1. The lowest BCUT2D eigenvalue weighted by Crippen LogP contribution is -1.91. The quantitative estimate of drug-likeness (QED) is 0.146. The zero-order valence-electron chi connectivity index (χ0n) is 12.4. The van der Waals surface area contributed by atoms with Gasteiger partial charge in [0, 0.05) is 0 Å². The Morgan fingerprint density at radius 1 is 0.526 bits per heavy atom. The number of hydrogen-bond acceptors (Lipinski definition) is 1. The Labute approximate surface area is 137 Å². The third-order valence-electron chi connectivity index (χ3n) is 3.58. The van der Waals surface area contributed by atoms with Crippen LogP contribution >= 0.6 is 34.8 Å². The van der Waals surface area contributed by atoms with E-state index in [9.17, 15) is 0 Å². The Bertz CT molecular complexity index is 168. The first-order valence-electron chi connectivity index (χ1n) is 8.16. The molecule has 0 rings (SSSR count). The summed E-state index contributed by atoms with van der Waals surface area (Å²) in [7, 11) is -1.32. The summed E-state index contributed by atoms with van der Waals surface area (Å²) in [5.74, 6) is 1.05. The molecule has 0 saturated heterocycles. The van der Waals surface area contributed by atoms with Gasteiger partial charge in [-0.2, -0.15) is 34.8 Å². The highest BCUT2D eigenvalue weighted by molar-refractivity contribution is 7.80. The Morgan fingerprint density at radius 3 is 1.16 bits per heavy atom. The van der Waals surface area contributed by atoms with E-state index in [1.165, 1.54) is 83.5 Å². The number of unbranched alkanes of at least 4 members (excludes halogenated alkanes) is 12. The van der Waals surface area contributed by atoms with Crippen LogP contribution in [0.25, 0.3) is 0 Å². The summed E-state index contributed by atoms with van der Waals surface area (Å²) in [6.45, 7) is 0. The van der Waals surface area contributed by atoms with Crippen LogP contribution in [-0.4, -0.2) is 13.2 Å². The molecule has 0 unspecified atom stereocenters. The molecule has 0 bridgehead atoms. The van der Waals surface area contributed by atoms with E-state index in [1.54, 1.807) is 0 Å². The van der Waals surface area contributed by atoms with Gasteiger partial charge in [-0.1, -0.05) is 77.0 Å². The molecule has 0 nitrogen and oxygen atoms in total.